The van der Waals surface area contributed by atoms with Crippen LogP contribution in [0.1, 0.15) is 12.5 Å². The van der Waals surface area contributed by atoms with Crippen LogP contribution in [0, 0.1) is 0 Å². The van der Waals surface area contributed by atoms with Crippen LogP contribution >= 0.6 is 15.9 Å². The summed E-state index contributed by atoms with van der Waals surface area (Å²) < 4.78 is 1.05. The molecule has 1 rings (SSSR count). The van der Waals surface area contributed by atoms with Crippen molar-refractivity contribution in [3.63, 3.8) is 0 Å². The fourth-order valence-corrected chi connectivity index (χ4v) is 1.48. The quantitative estimate of drug-likeness (QED) is 0.772. The highest BCUT2D eigenvalue weighted by Gasteiger charge is 2.04. The zero-order valence-electron chi connectivity index (χ0n) is 8.90. The van der Waals surface area contributed by atoms with Gasteiger partial charge < -0.3 is 4.90 Å². The molecule has 0 atom stereocenters. The third-order valence-electron chi connectivity index (χ3n) is 2.02. The largest absolute Gasteiger partial charge is 0.338 e. The smallest absolute Gasteiger partial charge is 0.246 e. The molecular formula is C12H14BrNO. The Morgan fingerprint density at radius 1 is 1.40 bits per heavy atom. The normalized spacial score (nSPS) is 10.6. The van der Waals surface area contributed by atoms with E-state index in [1.54, 1.807) is 24.1 Å². The number of hydrogen-bond acceptors (Lipinski definition) is 1. The number of allylic oxidation sites excluding steroid dienone is 1. The van der Waals surface area contributed by atoms with Gasteiger partial charge in [0.2, 0.25) is 5.91 Å². The van der Waals surface area contributed by atoms with Crippen LogP contribution in [0.3, 0.4) is 0 Å². The Kier molecular flexibility index (Phi) is 4.56. The Balaban J connectivity index is 2.62. The lowest BCUT2D eigenvalue weighted by molar-refractivity contribution is -0.125. The first-order valence-corrected chi connectivity index (χ1v) is 5.55. The van der Waals surface area contributed by atoms with Crippen molar-refractivity contribution in [3.8, 4) is 0 Å². The summed E-state index contributed by atoms with van der Waals surface area (Å²) in [5.74, 6) is 0.0282. The predicted octanol–water partition coefficient (Wildman–Crippen LogP) is 2.98. The topological polar surface area (TPSA) is 20.3 Å². The van der Waals surface area contributed by atoms with Crippen LogP contribution in [0.2, 0.25) is 0 Å². The minimum Gasteiger partial charge on any atom is -0.338 e. The van der Waals surface area contributed by atoms with Crippen molar-refractivity contribution in [2.45, 2.75) is 13.5 Å². The predicted molar refractivity (Wildman–Crippen MR) is 65.4 cm³/mol. The molecular weight excluding hydrogens is 254 g/mol. The molecule has 15 heavy (non-hydrogen) atoms. The van der Waals surface area contributed by atoms with Crippen LogP contribution < -0.4 is 0 Å². The highest BCUT2D eigenvalue weighted by atomic mass is 79.9. The summed E-state index contributed by atoms with van der Waals surface area (Å²) in [7, 11) is 1.80. The van der Waals surface area contributed by atoms with Crippen LogP contribution in [0.5, 0.6) is 0 Å². The number of rotatable bonds is 3. The number of halogens is 1. The molecule has 0 radical (unpaired) electrons. The van der Waals surface area contributed by atoms with E-state index < -0.39 is 0 Å². The number of carbonyl (C=O) groups is 1. The summed E-state index contributed by atoms with van der Waals surface area (Å²) in [6.07, 6.45) is 3.32. The summed E-state index contributed by atoms with van der Waals surface area (Å²) in [6.45, 7) is 2.47. The Labute approximate surface area is 98.7 Å². The fraction of sp³-hybridized carbons (Fsp3) is 0.250. The van der Waals surface area contributed by atoms with Crippen LogP contribution in [-0.2, 0) is 11.3 Å². The average Bonchev–Trinajstić information content (AvgIpc) is 2.22. The molecule has 2 nitrogen and oxygen atoms in total. The third kappa shape index (κ3) is 3.88. The van der Waals surface area contributed by atoms with Gasteiger partial charge in [-0.1, -0.05) is 34.1 Å². The third-order valence-corrected chi connectivity index (χ3v) is 2.55. The first kappa shape index (κ1) is 12.0. The minimum absolute atomic E-state index is 0.0282. The first-order chi connectivity index (χ1) is 7.13. The standard InChI is InChI=1S/C12H14BrNO/c1-3-4-12(15)14(2)9-10-5-7-11(13)8-6-10/h3-8H,9H2,1-2H3. The van der Waals surface area contributed by atoms with E-state index >= 15 is 0 Å². The number of likely N-dealkylation sites (N-methyl/N-ethyl adjacent to an activating group) is 1. The summed E-state index contributed by atoms with van der Waals surface area (Å²) in [5.41, 5.74) is 1.12. The molecule has 80 valence electrons. The molecule has 0 saturated carbocycles. The minimum atomic E-state index is 0.0282. The van der Waals surface area contributed by atoms with Crippen molar-refractivity contribution in [2.75, 3.05) is 7.05 Å². The molecule has 1 aromatic rings. The van der Waals surface area contributed by atoms with Crippen LogP contribution in [0.15, 0.2) is 40.9 Å². The average molecular weight is 268 g/mol. The maximum absolute atomic E-state index is 11.4. The lowest BCUT2D eigenvalue weighted by atomic mass is 10.2. The second-order valence-electron chi connectivity index (χ2n) is 3.32. The molecule has 0 unspecified atom stereocenters. The van der Waals surface area contributed by atoms with Gasteiger partial charge in [-0.15, -0.1) is 0 Å². The van der Waals surface area contributed by atoms with Crippen molar-refractivity contribution in [1.29, 1.82) is 0 Å². The van der Waals surface area contributed by atoms with Gasteiger partial charge >= 0.3 is 0 Å². The maximum Gasteiger partial charge on any atom is 0.246 e. The van der Waals surface area contributed by atoms with E-state index in [4.69, 9.17) is 0 Å². The van der Waals surface area contributed by atoms with E-state index in [0.29, 0.717) is 6.54 Å². The second-order valence-corrected chi connectivity index (χ2v) is 4.24. The highest BCUT2D eigenvalue weighted by molar-refractivity contribution is 9.10. The van der Waals surface area contributed by atoms with Gasteiger partial charge in [0.15, 0.2) is 0 Å². The van der Waals surface area contributed by atoms with E-state index in [-0.39, 0.29) is 5.91 Å². The number of carbonyl (C=O) groups excluding carboxylic acids is 1. The SMILES string of the molecule is CC=CC(=O)N(C)Cc1ccc(Br)cc1. The lowest BCUT2D eigenvalue weighted by Gasteiger charge is -2.14. The van der Waals surface area contributed by atoms with E-state index in [1.807, 2.05) is 31.2 Å². The molecule has 0 saturated heterocycles. The molecule has 0 spiro atoms. The van der Waals surface area contributed by atoms with Gasteiger partial charge in [-0.05, 0) is 30.7 Å². The molecule has 0 aliphatic rings. The van der Waals surface area contributed by atoms with Gasteiger partial charge in [-0.3, -0.25) is 4.79 Å². The Morgan fingerprint density at radius 3 is 2.53 bits per heavy atom. The molecule has 3 heteroatoms. The number of benzene rings is 1. The van der Waals surface area contributed by atoms with Crippen LogP contribution in [-0.4, -0.2) is 17.9 Å². The summed E-state index contributed by atoms with van der Waals surface area (Å²) in [4.78, 5) is 13.1. The summed E-state index contributed by atoms with van der Waals surface area (Å²) in [6, 6.07) is 7.96. The molecule has 0 aromatic heterocycles. The number of amides is 1. The van der Waals surface area contributed by atoms with Gasteiger partial charge in [0, 0.05) is 18.1 Å². The van der Waals surface area contributed by atoms with Crippen molar-refractivity contribution < 1.29 is 4.79 Å². The monoisotopic (exact) mass is 267 g/mol. The number of nitrogens with zero attached hydrogens (tertiary/aromatic N) is 1. The Hall–Kier alpha value is -1.09. The van der Waals surface area contributed by atoms with Gasteiger partial charge in [0.05, 0.1) is 0 Å². The number of hydrogen-bond donors (Lipinski definition) is 0. The molecule has 0 fully saturated rings. The molecule has 0 N–H and O–H groups in total. The molecule has 0 aliphatic carbocycles. The van der Waals surface area contributed by atoms with Gasteiger partial charge in [-0.2, -0.15) is 0 Å². The van der Waals surface area contributed by atoms with Gasteiger partial charge in [-0.25, -0.2) is 0 Å². The van der Waals surface area contributed by atoms with Crippen LogP contribution in [0.25, 0.3) is 0 Å². The van der Waals surface area contributed by atoms with Crippen molar-refractivity contribution in [1.82, 2.24) is 4.90 Å². The van der Waals surface area contributed by atoms with Crippen molar-refractivity contribution in [3.05, 3.63) is 46.5 Å². The highest BCUT2D eigenvalue weighted by Crippen LogP contribution is 2.11. The molecule has 0 bridgehead atoms. The summed E-state index contributed by atoms with van der Waals surface area (Å²) in [5, 5.41) is 0. The lowest BCUT2D eigenvalue weighted by Crippen LogP contribution is -2.23. The van der Waals surface area contributed by atoms with E-state index in [0.717, 1.165) is 10.0 Å². The molecule has 1 amide bonds. The van der Waals surface area contributed by atoms with Crippen molar-refractivity contribution in [2.24, 2.45) is 0 Å². The van der Waals surface area contributed by atoms with Gasteiger partial charge in [0.1, 0.15) is 0 Å². The van der Waals surface area contributed by atoms with E-state index in [1.165, 1.54) is 0 Å². The second kappa shape index (κ2) is 5.71. The Morgan fingerprint density at radius 2 is 2.00 bits per heavy atom. The fourth-order valence-electron chi connectivity index (χ4n) is 1.21. The van der Waals surface area contributed by atoms with Crippen molar-refractivity contribution >= 4 is 21.8 Å². The molecule has 1 aromatic carbocycles. The zero-order chi connectivity index (χ0) is 11.3. The first-order valence-electron chi connectivity index (χ1n) is 4.75. The molecule has 0 heterocycles. The molecule has 0 aliphatic heterocycles. The summed E-state index contributed by atoms with van der Waals surface area (Å²) >= 11 is 3.37. The van der Waals surface area contributed by atoms with E-state index in [9.17, 15) is 4.79 Å². The van der Waals surface area contributed by atoms with Crippen LogP contribution in [0.4, 0.5) is 0 Å². The van der Waals surface area contributed by atoms with Gasteiger partial charge in [0.25, 0.3) is 0 Å². The Bertz CT molecular complexity index is 356. The maximum atomic E-state index is 11.4. The zero-order valence-corrected chi connectivity index (χ0v) is 10.5. The van der Waals surface area contributed by atoms with E-state index in [2.05, 4.69) is 15.9 Å².